The minimum absolute atomic E-state index is 0.806. The highest BCUT2D eigenvalue weighted by molar-refractivity contribution is 5.87. The summed E-state index contributed by atoms with van der Waals surface area (Å²) >= 11 is 0. The maximum atomic E-state index is 5.07. The van der Waals surface area contributed by atoms with E-state index < -0.39 is 0 Å². The molecule has 162 valence electrons. The van der Waals surface area contributed by atoms with Crippen molar-refractivity contribution in [2.75, 3.05) is 4.90 Å². The van der Waals surface area contributed by atoms with Crippen molar-refractivity contribution in [2.24, 2.45) is 0 Å². The number of para-hydroxylation sites is 1. The summed E-state index contributed by atoms with van der Waals surface area (Å²) < 4.78 is 2.01. The molecule has 0 unspecified atom stereocenters. The molecule has 6 aromatic rings. The first-order valence-electron chi connectivity index (χ1n) is 11.3. The molecule has 0 atom stereocenters. The van der Waals surface area contributed by atoms with Gasteiger partial charge in [-0.25, -0.2) is 9.97 Å². The van der Waals surface area contributed by atoms with Gasteiger partial charge in [0.1, 0.15) is 17.5 Å². The number of aromatic nitrogens is 3. The van der Waals surface area contributed by atoms with Gasteiger partial charge in [0.25, 0.3) is 0 Å². The van der Waals surface area contributed by atoms with Crippen LogP contribution in [0.4, 0.5) is 17.3 Å². The first kappa shape index (κ1) is 19.9. The second-order valence-electron chi connectivity index (χ2n) is 8.06. The zero-order valence-electron chi connectivity index (χ0n) is 18.5. The molecule has 0 aliphatic rings. The Bertz CT molecular complexity index is 1560. The number of hydrogen-bond acceptors (Lipinski definition) is 3. The Kier molecular flexibility index (Phi) is 5.09. The fourth-order valence-corrected chi connectivity index (χ4v) is 4.18. The van der Waals surface area contributed by atoms with Crippen molar-refractivity contribution in [2.45, 2.75) is 0 Å². The molecule has 0 fully saturated rings. The number of hydrogen-bond donors (Lipinski definition) is 0. The summed E-state index contributed by atoms with van der Waals surface area (Å²) in [6.07, 6.45) is 4.00. The van der Waals surface area contributed by atoms with Crippen molar-refractivity contribution in [3.05, 3.63) is 134 Å². The summed E-state index contributed by atoms with van der Waals surface area (Å²) in [7, 11) is 0. The monoisotopic (exact) mass is 438 g/mol. The third-order valence-corrected chi connectivity index (χ3v) is 5.84. The molecule has 6 rings (SSSR count). The summed E-state index contributed by atoms with van der Waals surface area (Å²) in [6.45, 7) is 0. The predicted octanol–water partition coefficient (Wildman–Crippen LogP) is 7.56. The molecule has 4 nitrogen and oxygen atoms in total. The average Bonchev–Trinajstić information content (AvgIpc) is 3.45. The van der Waals surface area contributed by atoms with E-state index in [1.54, 1.807) is 0 Å². The first-order valence-corrected chi connectivity index (χ1v) is 11.3. The lowest BCUT2D eigenvalue weighted by atomic mass is 10.0. The molecule has 3 heterocycles. The molecule has 0 N–H and O–H groups in total. The zero-order chi connectivity index (χ0) is 22.7. The van der Waals surface area contributed by atoms with Crippen molar-refractivity contribution < 1.29 is 0 Å². The van der Waals surface area contributed by atoms with Gasteiger partial charge in [-0.3, -0.25) is 4.90 Å². The number of anilines is 3. The van der Waals surface area contributed by atoms with Gasteiger partial charge in [0.05, 0.1) is 5.69 Å². The number of nitrogens with zero attached hydrogens (tertiary/aromatic N) is 4. The molecule has 3 aromatic heterocycles. The van der Waals surface area contributed by atoms with Crippen molar-refractivity contribution in [3.8, 4) is 17.1 Å². The lowest BCUT2D eigenvalue weighted by molar-refractivity contribution is 0.995. The molecule has 0 bridgehead atoms. The molecule has 0 aliphatic carbocycles. The van der Waals surface area contributed by atoms with E-state index in [4.69, 9.17) is 9.97 Å². The molecule has 0 amide bonds. The number of rotatable bonds is 5. The van der Waals surface area contributed by atoms with Gasteiger partial charge >= 0.3 is 0 Å². The van der Waals surface area contributed by atoms with E-state index >= 15 is 0 Å². The van der Waals surface area contributed by atoms with Crippen molar-refractivity contribution >= 4 is 28.1 Å². The highest BCUT2D eigenvalue weighted by Gasteiger charge is 2.16. The summed E-state index contributed by atoms with van der Waals surface area (Å²) in [6, 6.07) is 41.3. The lowest BCUT2D eigenvalue weighted by Gasteiger charge is -2.24. The third kappa shape index (κ3) is 3.82. The van der Waals surface area contributed by atoms with Gasteiger partial charge in [-0.15, -0.1) is 0 Å². The van der Waals surface area contributed by atoms with E-state index in [0.29, 0.717) is 0 Å². The maximum absolute atomic E-state index is 5.07. The Morgan fingerprint density at radius 2 is 1.24 bits per heavy atom. The molecule has 4 heteroatoms. The topological polar surface area (TPSA) is 34.0 Å². The molecule has 0 aliphatic heterocycles. The molecule has 0 saturated carbocycles. The molecule has 0 saturated heterocycles. The first-order chi connectivity index (χ1) is 16.8. The largest absolute Gasteiger partial charge is 0.309 e. The van der Waals surface area contributed by atoms with Crippen LogP contribution in [0, 0.1) is 0 Å². The van der Waals surface area contributed by atoms with Crippen LogP contribution >= 0.6 is 0 Å². The van der Waals surface area contributed by atoms with Crippen LogP contribution in [-0.4, -0.2) is 14.5 Å². The Morgan fingerprint density at radius 1 is 0.529 bits per heavy atom. The third-order valence-electron chi connectivity index (χ3n) is 5.84. The number of benzene rings is 3. The predicted molar refractivity (Wildman–Crippen MR) is 139 cm³/mol. The molecule has 34 heavy (non-hydrogen) atoms. The van der Waals surface area contributed by atoms with E-state index in [0.717, 1.165) is 34.4 Å². The highest BCUT2D eigenvalue weighted by atomic mass is 15.3. The van der Waals surface area contributed by atoms with Gasteiger partial charge < -0.3 is 4.57 Å². The smallest absolute Gasteiger partial charge is 0.141 e. The minimum Gasteiger partial charge on any atom is -0.309 e. The molecular formula is C30H22N4. The van der Waals surface area contributed by atoms with Crippen LogP contribution in [0.3, 0.4) is 0 Å². The van der Waals surface area contributed by atoms with Crippen LogP contribution in [0.5, 0.6) is 0 Å². The maximum Gasteiger partial charge on any atom is 0.141 e. The Hall–Kier alpha value is -4.70. The van der Waals surface area contributed by atoms with Crippen LogP contribution < -0.4 is 4.90 Å². The van der Waals surface area contributed by atoms with E-state index in [1.807, 2.05) is 71.6 Å². The fraction of sp³-hybridized carbons (Fsp3) is 0. The average molecular weight is 439 g/mol. The SMILES string of the molecule is c1ccc(N(c2cccc(-c3ccc4ccccc4c3)n2)c2cccc(-n3cccc3)n2)cc1. The van der Waals surface area contributed by atoms with Crippen molar-refractivity contribution in [1.29, 1.82) is 0 Å². The molecule has 0 radical (unpaired) electrons. The van der Waals surface area contributed by atoms with Gasteiger partial charge in [-0.05, 0) is 65.4 Å². The molecule has 0 spiro atoms. The quantitative estimate of drug-likeness (QED) is 0.278. The normalized spacial score (nSPS) is 10.9. The van der Waals surface area contributed by atoms with Crippen LogP contribution in [-0.2, 0) is 0 Å². The second-order valence-corrected chi connectivity index (χ2v) is 8.06. The number of pyridine rings is 2. The van der Waals surface area contributed by atoms with Crippen molar-refractivity contribution in [3.63, 3.8) is 0 Å². The minimum atomic E-state index is 0.806. The molecular weight excluding hydrogens is 416 g/mol. The standard InChI is InChI=1S/C30H22N4/c1-2-12-26(13-3-1)34(30-17-9-15-28(32-30)33-20-6-7-21-33)29-16-8-14-27(31-29)25-19-18-23-10-4-5-11-24(23)22-25/h1-22H. The summed E-state index contributed by atoms with van der Waals surface area (Å²) in [5.74, 6) is 2.48. The number of fused-ring (bicyclic) bond motifs is 1. The van der Waals surface area contributed by atoms with E-state index in [2.05, 4.69) is 71.6 Å². The van der Waals surface area contributed by atoms with E-state index in [1.165, 1.54) is 10.8 Å². The van der Waals surface area contributed by atoms with Gasteiger partial charge in [-0.1, -0.05) is 66.7 Å². The van der Waals surface area contributed by atoms with Gasteiger partial charge in [-0.2, -0.15) is 0 Å². The van der Waals surface area contributed by atoms with Crippen LogP contribution in [0.2, 0.25) is 0 Å². The van der Waals surface area contributed by atoms with Crippen LogP contribution in [0.15, 0.2) is 134 Å². The van der Waals surface area contributed by atoms with Gasteiger partial charge in [0.15, 0.2) is 0 Å². The van der Waals surface area contributed by atoms with Crippen LogP contribution in [0.1, 0.15) is 0 Å². The fourth-order valence-electron chi connectivity index (χ4n) is 4.18. The Balaban J connectivity index is 1.47. The highest BCUT2D eigenvalue weighted by Crippen LogP contribution is 2.34. The van der Waals surface area contributed by atoms with E-state index in [9.17, 15) is 0 Å². The second kappa shape index (κ2) is 8.68. The summed E-state index contributed by atoms with van der Waals surface area (Å²) in [5.41, 5.74) is 3.01. The summed E-state index contributed by atoms with van der Waals surface area (Å²) in [4.78, 5) is 12.1. The van der Waals surface area contributed by atoms with Gasteiger partial charge in [0, 0.05) is 23.6 Å². The Morgan fingerprint density at radius 3 is 2.06 bits per heavy atom. The Labute approximate surface area is 198 Å². The zero-order valence-corrected chi connectivity index (χ0v) is 18.5. The van der Waals surface area contributed by atoms with Crippen molar-refractivity contribution in [1.82, 2.24) is 14.5 Å². The lowest BCUT2D eigenvalue weighted by Crippen LogP contribution is -2.14. The summed E-state index contributed by atoms with van der Waals surface area (Å²) in [5, 5.41) is 2.42. The molecule has 3 aromatic carbocycles. The van der Waals surface area contributed by atoms with Gasteiger partial charge in [0.2, 0.25) is 0 Å². The van der Waals surface area contributed by atoms with Crippen LogP contribution in [0.25, 0.3) is 27.8 Å². The van der Waals surface area contributed by atoms with E-state index in [-0.39, 0.29) is 0 Å².